The maximum Gasteiger partial charge on any atom is 0.332 e. The number of hydrogen-bond donors (Lipinski definition) is 0. The van der Waals surface area contributed by atoms with Gasteiger partial charge in [0.25, 0.3) is 11.1 Å². The third-order valence-corrected chi connectivity index (χ3v) is 4.77. The molecule has 10 heteroatoms. The van der Waals surface area contributed by atoms with E-state index in [1.54, 1.807) is 12.3 Å². The number of pyridine rings is 1. The summed E-state index contributed by atoms with van der Waals surface area (Å²) in [6.07, 6.45) is 1.71. The van der Waals surface area contributed by atoms with Crippen molar-refractivity contribution >= 4 is 28.4 Å². The molecule has 4 aromatic rings. The molecule has 0 atom stereocenters. The number of rotatable bonds is 2. The summed E-state index contributed by atoms with van der Waals surface area (Å²) in [5.41, 5.74) is 0.973. The summed E-state index contributed by atoms with van der Waals surface area (Å²) in [5, 5.41) is 0.0363. The third kappa shape index (κ3) is 2.58. The smallest absolute Gasteiger partial charge is 0.303 e. The van der Waals surface area contributed by atoms with Crippen molar-refractivity contribution in [1.29, 1.82) is 0 Å². The highest BCUT2D eigenvalue weighted by Gasteiger charge is 2.19. The number of hydrogen-bond acceptors (Lipinski definition) is 5. The van der Waals surface area contributed by atoms with Crippen molar-refractivity contribution in [3.8, 4) is 0 Å². The van der Waals surface area contributed by atoms with E-state index in [0.29, 0.717) is 11.3 Å². The average Bonchev–Trinajstić information content (AvgIpc) is 2.95. The molecule has 0 unspecified atom stereocenters. The zero-order chi connectivity index (χ0) is 19.5. The molecule has 0 bridgehead atoms. The van der Waals surface area contributed by atoms with Crippen LogP contribution in [-0.2, 0) is 20.6 Å². The molecule has 0 spiro atoms. The molecule has 0 N–H and O–H groups in total. The van der Waals surface area contributed by atoms with E-state index < -0.39 is 11.2 Å². The molecule has 0 radical (unpaired) electrons. The van der Waals surface area contributed by atoms with E-state index in [1.165, 1.54) is 33.7 Å². The van der Waals surface area contributed by atoms with Gasteiger partial charge >= 0.3 is 5.69 Å². The first-order valence-electron chi connectivity index (χ1n) is 8.08. The van der Waals surface area contributed by atoms with Crippen LogP contribution < -0.4 is 16.8 Å². The average molecular weight is 387 g/mol. The van der Waals surface area contributed by atoms with Crippen molar-refractivity contribution in [2.45, 2.75) is 13.5 Å². The monoisotopic (exact) mass is 386 g/mol. The van der Waals surface area contributed by atoms with Gasteiger partial charge in [-0.15, -0.1) is 0 Å². The molecule has 27 heavy (non-hydrogen) atoms. The van der Waals surface area contributed by atoms with Gasteiger partial charge in [0, 0.05) is 26.4 Å². The largest absolute Gasteiger partial charge is 0.332 e. The Morgan fingerprint density at radius 3 is 2.56 bits per heavy atom. The van der Waals surface area contributed by atoms with Gasteiger partial charge in [0.2, 0.25) is 5.28 Å². The molecule has 138 valence electrons. The summed E-state index contributed by atoms with van der Waals surface area (Å²) < 4.78 is 5.15. The molecule has 0 saturated carbocycles. The quantitative estimate of drug-likeness (QED) is 0.466. The SMILES string of the molecule is Cc1ccc2nc(Cn3c(Cl)nc4c3c(=O)n(C)c(=O)n4C)cc(=O)n2c1. The Hall–Kier alpha value is -3.20. The lowest BCUT2D eigenvalue weighted by Gasteiger charge is -2.08. The van der Waals surface area contributed by atoms with Crippen molar-refractivity contribution in [2.75, 3.05) is 0 Å². The van der Waals surface area contributed by atoms with Gasteiger partial charge in [0.05, 0.1) is 12.2 Å². The lowest BCUT2D eigenvalue weighted by Crippen LogP contribution is -2.37. The Morgan fingerprint density at radius 2 is 1.81 bits per heavy atom. The minimum absolute atomic E-state index is 0.0363. The van der Waals surface area contributed by atoms with E-state index in [2.05, 4.69) is 9.97 Å². The molecule has 0 aliphatic rings. The predicted molar refractivity (Wildman–Crippen MR) is 101 cm³/mol. The third-order valence-electron chi connectivity index (χ3n) is 4.48. The van der Waals surface area contributed by atoms with Gasteiger partial charge < -0.3 is 4.57 Å². The second-order valence-corrected chi connectivity index (χ2v) is 6.70. The van der Waals surface area contributed by atoms with Crippen LogP contribution in [0.5, 0.6) is 0 Å². The molecule has 9 nitrogen and oxygen atoms in total. The Labute approximate surface area is 156 Å². The Morgan fingerprint density at radius 1 is 1.07 bits per heavy atom. The first-order valence-corrected chi connectivity index (χ1v) is 8.46. The lowest BCUT2D eigenvalue weighted by molar-refractivity contribution is 0.701. The number of fused-ring (bicyclic) bond motifs is 2. The standard InChI is InChI=1S/C17H15ClN6O3/c1-9-4-5-11-19-10(6-12(25)23(11)7-9)8-24-13-14(20-16(24)18)21(2)17(27)22(3)15(13)26/h4-7H,8H2,1-3H3. The molecule has 0 amide bonds. The summed E-state index contributed by atoms with van der Waals surface area (Å²) in [6, 6.07) is 4.99. The second kappa shape index (κ2) is 5.92. The van der Waals surface area contributed by atoms with E-state index in [1.807, 2.05) is 13.0 Å². The molecule has 0 fully saturated rings. The second-order valence-electron chi connectivity index (χ2n) is 6.37. The summed E-state index contributed by atoms with van der Waals surface area (Å²) >= 11 is 6.22. The van der Waals surface area contributed by atoms with Crippen LogP contribution >= 0.6 is 11.6 Å². The summed E-state index contributed by atoms with van der Waals surface area (Å²) in [4.78, 5) is 45.7. The van der Waals surface area contributed by atoms with Crippen LogP contribution in [0.1, 0.15) is 11.3 Å². The predicted octanol–water partition coefficient (Wildman–Crippen LogP) is 0.452. The van der Waals surface area contributed by atoms with Gasteiger partial charge in [-0.2, -0.15) is 4.98 Å². The molecular formula is C17H15ClN6O3. The number of aryl methyl sites for hydroxylation is 2. The van der Waals surface area contributed by atoms with E-state index in [9.17, 15) is 14.4 Å². The van der Waals surface area contributed by atoms with Gasteiger partial charge in [-0.25, -0.2) is 9.78 Å². The Bertz CT molecular complexity index is 1410. The van der Waals surface area contributed by atoms with Crippen molar-refractivity contribution in [3.63, 3.8) is 0 Å². The van der Waals surface area contributed by atoms with Crippen molar-refractivity contribution in [2.24, 2.45) is 14.1 Å². The summed E-state index contributed by atoms with van der Waals surface area (Å²) in [6.45, 7) is 1.96. The van der Waals surface area contributed by atoms with Crippen molar-refractivity contribution < 1.29 is 0 Å². The van der Waals surface area contributed by atoms with Crippen molar-refractivity contribution in [1.82, 2.24) is 28.1 Å². The van der Waals surface area contributed by atoms with Crippen LogP contribution in [0.15, 0.2) is 38.8 Å². The fourth-order valence-corrected chi connectivity index (χ4v) is 3.29. The number of aromatic nitrogens is 6. The fraction of sp³-hybridized carbons (Fsp3) is 0.235. The van der Waals surface area contributed by atoms with Gasteiger partial charge in [-0.3, -0.25) is 23.1 Å². The maximum absolute atomic E-state index is 12.6. The minimum atomic E-state index is -0.513. The first kappa shape index (κ1) is 17.2. The summed E-state index contributed by atoms with van der Waals surface area (Å²) in [5.74, 6) is 0. The number of halogens is 1. The fourth-order valence-electron chi connectivity index (χ4n) is 3.07. The van der Waals surface area contributed by atoms with Crippen LogP contribution in [0, 0.1) is 6.92 Å². The van der Waals surface area contributed by atoms with Crippen LogP contribution in [0.4, 0.5) is 0 Å². The van der Waals surface area contributed by atoms with Crippen LogP contribution in [0.2, 0.25) is 5.28 Å². The minimum Gasteiger partial charge on any atom is -0.303 e. The lowest BCUT2D eigenvalue weighted by atomic mass is 10.3. The highest BCUT2D eigenvalue weighted by atomic mass is 35.5. The normalized spacial score (nSPS) is 11.6. The van der Waals surface area contributed by atoms with Crippen LogP contribution in [-0.4, -0.2) is 28.1 Å². The van der Waals surface area contributed by atoms with Gasteiger partial charge in [-0.05, 0) is 30.2 Å². The highest BCUT2D eigenvalue weighted by Crippen LogP contribution is 2.17. The van der Waals surface area contributed by atoms with E-state index in [4.69, 9.17) is 11.6 Å². The zero-order valence-corrected chi connectivity index (χ0v) is 15.6. The molecule has 0 aliphatic heterocycles. The van der Waals surface area contributed by atoms with Gasteiger partial charge in [0.15, 0.2) is 11.2 Å². The Kier molecular flexibility index (Phi) is 3.77. The summed E-state index contributed by atoms with van der Waals surface area (Å²) in [7, 11) is 2.90. The number of nitrogens with zero attached hydrogens (tertiary/aromatic N) is 6. The number of imidazole rings is 1. The topological polar surface area (TPSA) is 96.2 Å². The van der Waals surface area contributed by atoms with Gasteiger partial charge in [0.1, 0.15) is 5.65 Å². The molecule has 0 aromatic carbocycles. The molecule has 0 saturated heterocycles. The zero-order valence-electron chi connectivity index (χ0n) is 14.8. The van der Waals surface area contributed by atoms with E-state index in [0.717, 1.165) is 10.1 Å². The Balaban J connectivity index is 1.95. The molecule has 4 heterocycles. The van der Waals surface area contributed by atoms with Crippen LogP contribution in [0.3, 0.4) is 0 Å². The first-order chi connectivity index (χ1) is 12.8. The highest BCUT2D eigenvalue weighted by molar-refractivity contribution is 6.29. The molecular weight excluding hydrogens is 372 g/mol. The molecule has 4 aromatic heterocycles. The molecule has 0 aliphatic carbocycles. The van der Waals surface area contributed by atoms with Gasteiger partial charge in [-0.1, -0.05) is 6.07 Å². The van der Waals surface area contributed by atoms with E-state index in [-0.39, 0.29) is 28.6 Å². The van der Waals surface area contributed by atoms with Crippen molar-refractivity contribution in [3.05, 3.63) is 72.1 Å². The van der Waals surface area contributed by atoms with E-state index >= 15 is 0 Å². The molecule has 4 rings (SSSR count). The van der Waals surface area contributed by atoms with Crippen LogP contribution in [0.25, 0.3) is 16.8 Å². The maximum atomic E-state index is 12.6.